The molecule has 2 aromatic carbocycles. The summed E-state index contributed by atoms with van der Waals surface area (Å²) in [6.45, 7) is 10.7. The Labute approximate surface area is 194 Å². The van der Waals surface area contributed by atoms with Gasteiger partial charge in [0.25, 0.3) is 11.6 Å². The van der Waals surface area contributed by atoms with E-state index in [9.17, 15) is 14.9 Å². The highest BCUT2D eigenvalue weighted by molar-refractivity contribution is 5.99. The summed E-state index contributed by atoms with van der Waals surface area (Å²) in [5, 5.41) is 14.6. The minimum atomic E-state index is -0.610. The maximum absolute atomic E-state index is 13.2. The Hall–Kier alpha value is -3.49. The Balaban J connectivity index is 2.46. The Bertz CT molecular complexity index is 976. The van der Waals surface area contributed by atoms with Crippen LogP contribution in [0.1, 0.15) is 56.6 Å². The smallest absolute Gasteiger partial charge is 0.286 e. The summed E-state index contributed by atoms with van der Waals surface area (Å²) < 4.78 is 22.0. The topological polar surface area (TPSA) is 109 Å². The summed E-state index contributed by atoms with van der Waals surface area (Å²) in [6.07, 6.45) is 0. The number of ether oxygens (including phenoxy) is 4. The number of carbonyl (C=O) groups is 1. The third-order valence-electron chi connectivity index (χ3n) is 4.90. The van der Waals surface area contributed by atoms with Crippen molar-refractivity contribution in [1.29, 1.82) is 0 Å². The predicted molar refractivity (Wildman–Crippen MR) is 125 cm³/mol. The van der Waals surface area contributed by atoms with Crippen LogP contribution < -0.4 is 24.3 Å². The van der Waals surface area contributed by atoms with Crippen LogP contribution in [0.3, 0.4) is 0 Å². The second-order valence-corrected chi connectivity index (χ2v) is 7.48. The highest BCUT2D eigenvalue weighted by Crippen LogP contribution is 2.36. The van der Waals surface area contributed by atoms with Crippen molar-refractivity contribution in [1.82, 2.24) is 5.32 Å². The number of nitrogens with one attached hydrogen (secondary N) is 1. The van der Waals surface area contributed by atoms with Crippen molar-refractivity contribution in [3.63, 3.8) is 0 Å². The molecule has 0 spiro atoms. The summed E-state index contributed by atoms with van der Waals surface area (Å²) in [4.78, 5) is 24.3. The second-order valence-electron chi connectivity index (χ2n) is 7.48. The number of carbonyl (C=O) groups excluding carboxylic acids is 1. The average molecular weight is 461 g/mol. The van der Waals surface area contributed by atoms with E-state index in [0.29, 0.717) is 31.3 Å². The molecule has 9 nitrogen and oxygen atoms in total. The van der Waals surface area contributed by atoms with Crippen molar-refractivity contribution in [2.75, 3.05) is 26.9 Å². The average Bonchev–Trinajstić information content (AvgIpc) is 2.78. The van der Waals surface area contributed by atoms with Crippen LogP contribution in [0.25, 0.3) is 0 Å². The molecule has 0 aliphatic heterocycles. The van der Waals surface area contributed by atoms with Gasteiger partial charge in [-0.2, -0.15) is 0 Å². The van der Waals surface area contributed by atoms with Crippen LogP contribution in [0.2, 0.25) is 0 Å². The number of nitro benzene ring substituents is 1. The second kappa shape index (κ2) is 11.9. The van der Waals surface area contributed by atoms with Crippen molar-refractivity contribution in [3.8, 4) is 23.0 Å². The van der Waals surface area contributed by atoms with Gasteiger partial charge in [0.1, 0.15) is 5.56 Å². The Kier molecular flexibility index (Phi) is 9.32. The molecule has 2 aromatic rings. The van der Waals surface area contributed by atoms with Gasteiger partial charge in [-0.05, 0) is 44.4 Å². The highest BCUT2D eigenvalue weighted by Gasteiger charge is 2.28. The van der Waals surface area contributed by atoms with Crippen LogP contribution in [-0.2, 0) is 0 Å². The molecule has 0 saturated heterocycles. The Morgan fingerprint density at radius 3 is 2.03 bits per heavy atom. The summed E-state index contributed by atoms with van der Waals surface area (Å²) in [7, 11) is 1.39. The van der Waals surface area contributed by atoms with Gasteiger partial charge < -0.3 is 24.3 Å². The summed E-state index contributed by atoms with van der Waals surface area (Å²) in [5.41, 5.74) is 0.328. The lowest BCUT2D eigenvalue weighted by Crippen LogP contribution is -2.32. The first-order valence-corrected chi connectivity index (χ1v) is 11.0. The van der Waals surface area contributed by atoms with E-state index in [1.807, 2.05) is 39.8 Å². The molecule has 0 radical (unpaired) electrons. The molecule has 2 rings (SSSR count). The number of hydrogen-bond acceptors (Lipinski definition) is 7. The van der Waals surface area contributed by atoms with E-state index in [-0.39, 0.29) is 28.7 Å². The molecule has 1 unspecified atom stereocenters. The maximum atomic E-state index is 13.2. The third kappa shape index (κ3) is 6.27. The van der Waals surface area contributed by atoms with Crippen LogP contribution in [0.15, 0.2) is 30.3 Å². The molecule has 0 saturated carbocycles. The first-order chi connectivity index (χ1) is 15.8. The van der Waals surface area contributed by atoms with Gasteiger partial charge in [-0.15, -0.1) is 0 Å². The number of amides is 1. The van der Waals surface area contributed by atoms with E-state index in [2.05, 4.69) is 5.32 Å². The standard InChI is InChI=1S/C24H32N2O7/c1-7-31-19-11-10-16(12-21(19)32-8-2)23(15(4)5)25-24(27)17-13-22(33-9-3)20(30-6)14-18(17)26(28)29/h10-15,23H,7-9H2,1-6H3,(H,25,27). The minimum Gasteiger partial charge on any atom is -0.493 e. The minimum absolute atomic E-state index is 0.00923. The van der Waals surface area contributed by atoms with E-state index in [4.69, 9.17) is 18.9 Å². The lowest BCUT2D eigenvalue weighted by Gasteiger charge is -2.24. The van der Waals surface area contributed by atoms with E-state index < -0.39 is 16.9 Å². The van der Waals surface area contributed by atoms with Gasteiger partial charge in [0, 0.05) is 6.07 Å². The fraction of sp³-hybridized carbons (Fsp3) is 0.458. The third-order valence-corrected chi connectivity index (χ3v) is 4.90. The lowest BCUT2D eigenvalue weighted by atomic mass is 9.95. The van der Waals surface area contributed by atoms with E-state index in [1.54, 1.807) is 13.0 Å². The zero-order valence-electron chi connectivity index (χ0n) is 20.0. The van der Waals surface area contributed by atoms with Gasteiger partial charge in [-0.25, -0.2) is 0 Å². The zero-order valence-corrected chi connectivity index (χ0v) is 20.0. The fourth-order valence-electron chi connectivity index (χ4n) is 3.42. The number of nitro groups is 1. The Morgan fingerprint density at radius 2 is 1.52 bits per heavy atom. The van der Waals surface area contributed by atoms with Crippen molar-refractivity contribution in [2.45, 2.75) is 40.7 Å². The molecule has 1 atom stereocenters. The van der Waals surface area contributed by atoms with Crippen LogP contribution in [0.4, 0.5) is 5.69 Å². The first kappa shape index (κ1) is 25.8. The van der Waals surface area contributed by atoms with Crippen LogP contribution in [-0.4, -0.2) is 37.8 Å². The van der Waals surface area contributed by atoms with Gasteiger partial charge in [-0.1, -0.05) is 19.9 Å². The van der Waals surface area contributed by atoms with Gasteiger partial charge in [-0.3, -0.25) is 14.9 Å². The van der Waals surface area contributed by atoms with Crippen LogP contribution in [0, 0.1) is 16.0 Å². The van der Waals surface area contributed by atoms with E-state index in [0.717, 1.165) is 5.56 Å². The number of nitrogens with zero attached hydrogens (tertiary/aromatic N) is 1. The summed E-state index contributed by atoms with van der Waals surface area (Å²) in [6, 6.07) is 7.60. The maximum Gasteiger partial charge on any atom is 0.286 e. The molecule has 180 valence electrons. The number of rotatable bonds is 12. The lowest BCUT2D eigenvalue weighted by molar-refractivity contribution is -0.385. The number of hydrogen-bond donors (Lipinski definition) is 1. The van der Waals surface area contributed by atoms with Gasteiger partial charge in [0.05, 0.1) is 44.0 Å². The molecule has 0 aliphatic carbocycles. The molecule has 1 amide bonds. The van der Waals surface area contributed by atoms with Gasteiger partial charge in [0.15, 0.2) is 23.0 Å². The van der Waals surface area contributed by atoms with Gasteiger partial charge >= 0.3 is 0 Å². The molecule has 9 heteroatoms. The first-order valence-electron chi connectivity index (χ1n) is 11.0. The molecule has 0 bridgehead atoms. The summed E-state index contributed by atoms with van der Waals surface area (Å²) >= 11 is 0. The number of methoxy groups -OCH3 is 1. The van der Waals surface area contributed by atoms with Crippen LogP contribution >= 0.6 is 0 Å². The molecule has 0 aliphatic rings. The SMILES string of the molecule is CCOc1cc(C(=O)NC(c2ccc(OCC)c(OCC)c2)C(C)C)c([N+](=O)[O-])cc1OC. The monoisotopic (exact) mass is 460 g/mol. The Morgan fingerprint density at radius 1 is 0.939 bits per heavy atom. The van der Waals surface area contributed by atoms with Crippen molar-refractivity contribution >= 4 is 11.6 Å². The highest BCUT2D eigenvalue weighted by atomic mass is 16.6. The van der Waals surface area contributed by atoms with Crippen molar-refractivity contribution in [2.24, 2.45) is 5.92 Å². The molecule has 0 heterocycles. The normalized spacial score (nSPS) is 11.6. The summed E-state index contributed by atoms with van der Waals surface area (Å²) in [5.74, 6) is 1.04. The fourth-order valence-corrected chi connectivity index (χ4v) is 3.42. The van der Waals surface area contributed by atoms with Crippen LogP contribution in [0.5, 0.6) is 23.0 Å². The quantitative estimate of drug-likeness (QED) is 0.353. The zero-order chi connectivity index (χ0) is 24.5. The molecule has 1 N–H and O–H groups in total. The molecular formula is C24H32N2O7. The van der Waals surface area contributed by atoms with Crippen molar-refractivity contribution < 1.29 is 28.7 Å². The predicted octanol–water partition coefficient (Wildman–Crippen LogP) is 4.93. The molecule has 0 aromatic heterocycles. The number of benzene rings is 2. The molecule has 33 heavy (non-hydrogen) atoms. The molecule has 0 fully saturated rings. The van der Waals surface area contributed by atoms with Gasteiger partial charge in [0.2, 0.25) is 0 Å². The largest absolute Gasteiger partial charge is 0.493 e. The van der Waals surface area contributed by atoms with E-state index >= 15 is 0 Å². The van der Waals surface area contributed by atoms with E-state index in [1.165, 1.54) is 19.2 Å². The van der Waals surface area contributed by atoms with Crippen molar-refractivity contribution in [3.05, 3.63) is 51.6 Å². The molecular weight excluding hydrogens is 428 g/mol.